The first-order chi connectivity index (χ1) is 9.56. The molecule has 20 heavy (non-hydrogen) atoms. The third-order valence-corrected chi connectivity index (χ3v) is 4.07. The van der Waals surface area contributed by atoms with Gasteiger partial charge in [-0.3, -0.25) is 4.79 Å². The number of carbonyl (C=O) groups excluding carboxylic acids is 1. The minimum atomic E-state index is -0.0132. The molecule has 0 bridgehead atoms. The maximum atomic E-state index is 12.0. The lowest BCUT2D eigenvalue weighted by atomic mass is 10.1. The highest BCUT2D eigenvalue weighted by atomic mass is 32.1. The summed E-state index contributed by atoms with van der Waals surface area (Å²) in [6, 6.07) is 12.0. The number of nitrogens with one attached hydrogen (secondary N) is 1. The van der Waals surface area contributed by atoms with Gasteiger partial charge in [-0.15, -0.1) is 11.3 Å². The third kappa shape index (κ3) is 3.92. The van der Waals surface area contributed by atoms with Gasteiger partial charge in [-0.25, -0.2) is 0 Å². The van der Waals surface area contributed by atoms with Gasteiger partial charge in [0.15, 0.2) is 0 Å². The van der Waals surface area contributed by atoms with Crippen molar-refractivity contribution in [2.75, 3.05) is 27.2 Å². The number of benzene rings is 1. The number of hydrogen-bond donors (Lipinski definition) is 1. The summed E-state index contributed by atoms with van der Waals surface area (Å²) < 4.78 is 0. The van der Waals surface area contributed by atoms with E-state index >= 15 is 0 Å². The largest absolute Gasteiger partial charge is 0.351 e. The maximum Gasteiger partial charge on any atom is 0.251 e. The highest BCUT2D eigenvalue weighted by Gasteiger charge is 2.06. The van der Waals surface area contributed by atoms with Gasteiger partial charge in [-0.1, -0.05) is 12.1 Å². The number of amides is 1. The highest BCUT2D eigenvalue weighted by molar-refractivity contribution is 7.15. The Hall–Kier alpha value is -1.65. The molecule has 0 saturated heterocycles. The van der Waals surface area contributed by atoms with Crippen molar-refractivity contribution in [2.24, 2.45) is 0 Å². The lowest BCUT2D eigenvalue weighted by molar-refractivity contribution is 0.0951. The van der Waals surface area contributed by atoms with Crippen LogP contribution in [0.15, 0.2) is 36.4 Å². The van der Waals surface area contributed by atoms with Crippen molar-refractivity contribution in [2.45, 2.75) is 6.92 Å². The number of likely N-dealkylation sites (N-methyl/N-ethyl adjacent to an activating group) is 1. The average molecular weight is 288 g/mol. The van der Waals surface area contributed by atoms with Crippen LogP contribution in [0.1, 0.15) is 15.2 Å². The molecule has 0 radical (unpaired) electrons. The van der Waals surface area contributed by atoms with E-state index in [4.69, 9.17) is 0 Å². The summed E-state index contributed by atoms with van der Waals surface area (Å²) in [4.78, 5) is 16.5. The smallest absolute Gasteiger partial charge is 0.251 e. The molecular formula is C16H20N2OS. The molecule has 0 aliphatic rings. The number of hydrogen-bond acceptors (Lipinski definition) is 3. The molecule has 0 saturated carbocycles. The highest BCUT2D eigenvalue weighted by Crippen LogP contribution is 2.27. The van der Waals surface area contributed by atoms with Gasteiger partial charge in [0.1, 0.15) is 0 Å². The van der Waals surface area contributed by atoms with Crippen LogP contribution in [0.4, 0.5) is 0 Å². The Morgan fingerprint density at radius 1 is 1.15 bits per heavy atom. The van der Waals surface area contributed by atoms with Crippen molar-refractivity contribution in [3.8, 4) is 10.4 Å². The van der Waals surface area contributed by atoms with Gasteiger partial charge in [0.25, 0.3) is 5.91 Å². The molecule has 1 N–H and O–H groups in total. The monoisotopic (exact) mass is 288 g/mol. The topological polar surface area (TPSA) is 32.3 Å². The maximum absolute atomic E-state index is 12.0. The molecule has 4 heteroatoms. The molecule has 1 aromatic carbocycles. The molecular weight excluding hydrogens is 268 g/mol. The van der Waals surface area contributed by atoms with Crippen molar-refractivity contribution < 1.29 is 4.79 Å². The Bertz CT molecular complexity index is 572. The Morgan fingerprint density at radius 3 is 2.40 bits per heavy atom. The van der Waals surface area contributed by atoms with E-state index in [0.29, 0.717) is 12.1 Å². The SMILES string of the molecule is Cc1ccc(-c2ccc(C(=O)NCCN(C)C)cc2)s1. The summed E-state index contributed by atoms with van der Waals surface area (Å²) in [7, 11) is 3.98. The first-order valence-corrected chi connectivity index (χ1v) is 7.48. The lowest BCUT2D eigenvalue weighted by Crippen LogP contribution is -2.31. The first-order valence-electron chi connectivity index (χ1n) is 6.66. The molecule has 0 fully saturated rings. The standard InChI is InChI=1S/C16H20N2OS/c1-12-4-9-15(20-12)13-5-7-14(8-6-13)16(19)17-10-11-18(2)3/h4-9H,10-11H2,1-3H3,(H,17,19). The number of aryl methyl sites for hydroxylation is 1. The van der Waals surface area contributed by atoms with Crippen LogP contribution in [0, 0.1) is 6.92 Å². The molecule has 0 aliphatic carbocycles. The van der Waals surface area contributed by atoms with E-state index in [-0.39, 0.29) is 5.91 Å². The number of thiophene rings is 1. The molecule has 2 aromatic rings. The third-order valence-electron chi connectivity index (χ3n) is 3.02. The second-order valence-electron chi connectivity index (χ2n) is 5.05. The van der Waals surface area contributed by atoms with Crippen molar-refractivity contribution in [3.63, 3.8) is 0 Å². The molecule has 1 amide bonds. The summed E-state index contributed by atoms with van der Waals surface area (Å²) in [5.41, 5.74) is 1.87. The fraction of sp³-hybridized carbons (Fsp3) is 0.312. The Labute approximate surface area is 124 Å². The Morgan fingerprint density at radius 2 is 1.85 bits per heavy atom. The predicted molar refractivity (Wildman–Crippen MR) is 85.4 cm³/mol. The van der Waals surface area contributed by atoms with E-state index in [0.717, 1.165) is 12.1 Å². The summed E-state index contributed by atoms with van der Waals surface area (Å²) in [6.45, 7) is 3.61. The van der Waals surface area contributed by atoms with Crippen molar-refractivity contribution >= 4 is 17.2 Å². The van der Waals surface area contributed by atoms with Crippen LogP contribution in [0.3, 0.4) is 0 Å². The zero-order valence-electron chi connectivity index (χ0n) is 12.1. The van der Waals surface area contributed by atoms with Gasteiger partial charge in [-0.2, -0.15) is 0 Å². The molecule has 0 atom stereocenters. The van der Waals surface area contributed by atoms with Gasteiger partial charge >= 0.3 is 0 Å². The van der Waals surface area contributed by atoms with Gasteiger partial charge in [-0.05, 0) is 50.8 Å². The van der Waals surface area contributed by atoms with Crippen molar-refractivity contribution in [1.82, 2.24) is 10.2 Å². The minimum absolute atomic E-state index is 0.0132. The number of nitrogens with zero attached hydrogens (tertiary/aromatic N) is 1. The number of carbonyl (C=O) groups is 1. The van der Waals surface area contributed by atoms with Crippen LogP contribution in [0.25, 0.3) is 10.4 Å². The molecule has 0 unspecified atom stereocenters. The van der Waals surface area contributed by atoms with Crippen LogP contribution in [0.5, 0.6) is 0 Å². The zero-order chi connectivity index (χ0) is 14.5. The number of rotatable bonds is 5. The van der Waals surface area contributed by atoms with Crippen LogP contribution in [-0.4, -0.2) is 38.0 Å². The normalized spacial score (nSPS) is 10.8. The summed E-state index contributed by atoms with van der Waals surface area (Å²) in [5.74, 6) is -0.0132. The zero-order valence-corrected chi connectivity index (χ0v) is 13.0. The summed E-state index contributed by atoms with van der Waals surface area (Å²) >= 11 is 1.77. The summed E-state index contributed by atoms with van der Waals surface area (Å²) in [5, 5.41) is 2.92. The van der Waals surface area contributed by atoms with Crippen LogP contribution in [0.2, 0.25) is 0 Å². The van der Waals surface area contributed by atoms with E-state index < -0.39 is 0 Å². The van der Waals surface area contributed by atoms with Crippen LogP contribution >= 0.6 is 11.3 Å². The summed E-state index contributed by atoms with van der Waals surface area (Å²) in [6.07, 6.45) is 0. The van der Waals surface area contributed by atoms with Gasteiger partial charge < -0.3 is 10.2 Å². The van der Waals surface area contributed by atoms with Crippen molar-refractivity contribution in [3.05, 3.63) is 46.8 Å². The molecule has 2 rings (SSSR count). The molecule has 0 spiro atoms. The van der Waals surface area contributed by atoms with Crippen molar-refractivity contribution in [1.29, 1.82) is 0 Å². The fourth-order valence-electron chi connectivity index (χ4n) is 1.87. The van der Waals surface area contributed by atoms with E-state index in [1.807, 2.05) is 43.3 Å². The predicted octanol–water partition coefficient (Wildman–Crippen LogP) is 3.01. The average Bonchev–Trinajstić information content (AvgIpc) is 2.85. The van der Waals surface area contributed by atoms with Gasteiger partial charge in [0.2, 0.25) is 0 Å². The van der Waals surface area contributed by atoms with Crippen LogP contribution in [-0.2, 0) is 0 Å². The molecule has 3 nitrogen and oxygen atoms in total. The van der Waals surface area contributed by atoms with E-state index in [2.05, 4.69) is 24.4 Å². The minimum Gasteiger partial charge on any atom is -0.351 e. The Kier molecular flexibility index (Phi) is 4.93. The molecule has 1 aromatic heterocycles. The van der Waals surface area contributed by atoms with Gasteiger partial charge in [0, 0.05) is 28.4 Å². The van der Waals surface area contributed by atoms with Gasteiger partial charge in [0.05, 0.1) is 0 Å². The molecule has 106 valence electrons. The quantitative estimate of drug-likeness (QED) is 0.917. The lowest BCUT2D eigenvalue weighted by Gasteiger charge is -2.10. The fourth-order valence-corrected chi connectivity index (χ4v) is 2.74. The van der Waals surface area contributed by atoms with E-state index in [1.54, 1.807) is 11.3 Å². The molecule has 0 aliphatic heterocycles. The van der Waals surface area contributed by atoms with E-state index in [1.165, 1.54) is 9.75 Å². The second kappa shape index (κ2) is 6.68. The first kappa shape index (κ1) is 14.8. The molecule has 1 heterocycles. The second-order valence-corrected chi connectivity index (χ2v) is 6.33. The van der Waals surface area contributed by atoms with E-state index in [9.17, 15) is 4.79 Å². The Balaban J connectivity index is 1.99. The van der Waals surface area contributed by atoms with Crippen LogP contribution < -0.4 is 5.32 Å².